The molecule has 1 aliphatic heterocycles. The normalized spacial score (nSPS) is 22.2. The van der Waals surface area contributed by atoms with Crippen LogP contribution in [0.3, 0.4) is 0 Å². The molecule has 2 unspecified atom stereocenters. The molecule has 2 N–H and O–H groups in total. The molecule has 0 bridgehead atoms. The average molecular weight is 295 g/mol. The lowest BCUT2D eigenvalue weighted by Crippen LogP contribution is -2.38. The van der Waals surface area contributed by atoms with E-state index in [-0.39, 0.29) is 5.37 Å². The second-order valence-electron chi connectivity index (χ2n) is 5.36. The van der Waals surface area contributed by atoms with E-state index in [4.69, 9.17) is 9.84 Å². The van der Waals surface area contributed by atoms with Gasteiger partial charge in [-0.1, -0.05) is 19.9 Å². The van der Waals surface area contributed by atoms with Crippen molar-refractivity contribution in [3.63, 3.8) is 0 Å². The van der Waals surface area contributed by atoms with Gasteiger partial charge in [0.1, 0.15) is 18.4 Å². The molecule has 1 heterocycles. The molecule has 110 valence electrons. The molecule has 20 heavy (non-hydrogen) atoms. The Labute approximate surface area is 123 Å². The quantitative estimate of drug-likeness (QED) is 0.874. The van der Waals surface area contributed by atoms with Crippen LogP contribution in [0, 0.1) is 6.92 Å². The van der Waals surface area contributed by atoms with Crippen LogP contribution >= 0.6 is 11.8 Å². The van der Waals surface area contributed by atoms with Gasteiger partial charge in [0.15, 0.2) is 0 Å². The summed E-state index contributed by atoms with van der Waals surface area (Å²) >= 11 is 1.59. The topological polar surface area (TPSA) is 58.6 Å². The Bertz CT molecular complexity index is 490. The largest absolute Gasteiger partial charge is 0.491 e. The summed E-state index contributed by atoms with van der Waals surface area (Å²) in [6.45, 7) is 6.92. The van der Waals surface area contributed by atoms with E-state index in [0.29, 0.717) is 18.3 Å². The fourth-order valence-electron chi connectivity index (χ4n) is 2.33. The van der Waals surface area contributed by atoms with E-state index in [1.165, 1.54) is 11.1 Å². The Kier molecular flexibility index (Phi) is 4.94. The predicted octanol–water partition coefficient (Wildman–Crippen LogP) is 2.61. The maximum Gasteiger partial charge on any atom is 0.321 e. The standard InChI is InChI=1S/C15H21NO3S/c1-9(2)12-5-4-11(6-10(12)3)19-7-14-16-13(8-20-14)15(17)18/h4-6,9,13-14,16H,7-8H2,1-3H3,(H,17,18). The molecule has 2 rings (SSSR count). The van der Waals surface area contributed by atoms with Crippen LogP contribution in [0.1, 0.15) is 30.9 Å². The zero-order valence-corrected chi connectivity index (χ0v) is 12.9. The number of hydrogen-bond acceptors (Lipinski definition) is 4. The van der Waals surface area contributed by atoms with Crippen LogP contribution in [0.25, 0.3) is 0 Å². The summed E-state index contributed by atoms with van der Waals surface area (Å²) in [5, 5.41) is 12.0. The molecule has 0 amide bonds. The summed E-state index contributed by atoms with van der Waals surface area (Å²) in [6.07, 6.45) is 0. The smallest absolute Gasteiger partial charge is 0.321 e. The summed E-state index contributed by atoms with van der Waals surface area (Å²) in [4.78, 5) is 10.9. The lowest BCUT2D eigenvalue weighted by Gasteiger charge is -2.15. The van der Waals surface area contributed by atoms with Gasteiger partial charge in [-0.3, -0.25) is 10.1 Å². The molecule has 1 aromatic rings. The maximum absolute atomic E-state index is 10.9. The van der Waals surface area contributed by atoms with E-state index >= 15 is 0 Å². The van der Waals surface area contributed by atoms with E-state index in [1.54, 1.807) is 11.8 Å². The number of rotatable bonds is 5. The second kappa shape index (κ2) is 6.50. The van der Waals surface area contributed by atoms with Crippen molar-refractivity contribution in [1.82, 2.24) is 5.32 Å². The summed E-state index contributed by atoms with van der Waals surface area (Å²) in [7, 11) is 0. The van der Waals surface area contributed by atoms with Crippen LogP contribution < -0.4 is 10.1 Å². The highest BCUT2D eigenvalue weighted by molar-refractivity contribution is 8.00. The van der Waals surface area contributed by atoms with Gasteiger partial charge < -0.3 is 9.84 Å². The third kappa shape index (κ3) is 3.67. The van der Waals surface area contributed by atoms with Crippen molar-refractivity contribution < 1.29 is 14.6 Å². The SMILES string of the molecule is Cc1cc(OCC2NC(C(=O)O)CS2)ccc1C(C)C. The van der Waals surface area contributed by atoms with Crippen LogP contribution in [0.15, 0.2) is 18.2 Å². The van der Waals surface area contributed by atoms with Gasteiger partial charge in [-0.25, -0.2) is 0 Å². The number of hydrogen-bond donors (Lipinski definition) is 2. The highest BCUT2D eigenvalue weighted by Gasteiger charge is 2.29. The first kappa shape index (κ1) is 15.2. The number of thioether (sulfide) groups is 1. The molecule has 0 spiro atoms. The van der Waals surface area contributed by atoms with Crippen molar-refractivity contribution in [2.24, 2.45) is 0 Å². The molecule has 0 aliphatic carbocycles. The fourth-order valence-corrected chi connectivity index (χ4v) is 3.42. The second-order valence-corrected chi connectivity index (χ2v) is 6.60. The Hall–Kier alpha value is -1.20. The van der Waals surface area contributed by atoms with Gasteiger partial charge in [0.05, 0.1) is 5.37 Å². The molecular formula is C15H21NO3S. The molecule has 1 aliphatic rings. The zero-order chi connectivity index (χ0) is 14.7. The number of benzene rings is 1. The van der Waals surface area contributed by atoms with Crippen LogP contribution in [0.5, 0.6) is 5.75 Å². The highest BCUT2D eigenvalue weighted by Crippen LogP contribution is 2.25. The number of carboxylic acid groups (broad SMARTS) is 1. The van der Waals surface area contributed by atoms with Gasteiger partial charge in [0.2, 0.25) is 0 Å². The minimum absolute atomic E-state index is 0.0428. The number of carboxylic acids is 1. The van der Waals surface area contributed by atoms with Crippen LogP contribution in [-0.2, 0) is 4.79 Å². The number of ether oxygens (including phenoxy) is 1. The number of aliphatic carboxylic acids is 1. The van der Waals surface area contributed by atoms with E-state index in [0.717, 1.165) is 5.75 Å². The van der Waals surface area contributed by atoms with Crippen LogP contribution in [0.4, 0.5) is 0 Å². The zero-order valence-electron chi connectivity index (χ0n) is 12.1. The van der Waals surface area contributed by atoms with E-state index in [9.17, 15) is 4.79 Å². The monoisotopic (exact) mass is 295 g/mol. The number of nitrogens with one attached hydrogen (secondary N) is 1. The minimum Gasteiger partial charge on any atom is -0.491 e. The molecule has 0 aromatic heterocycles. The molecule has 4 nitrogen and oxygen atoms in total. The van der Waals surface area contributed by atoms with Crippen molar-refractivity contribution >= 4 is 17.7 Å². The number of carbonyl (C=O) groups is 1. The maximum atomic E-state index is 10.9. The van der Waals surface area contributed by atoms with Crippen molar-refractivity contribution in [3.8, 4) is 5.75 Å². The van der Waals surface area contributed by atoms with E-state index in [2.05, 4.69) is 32.2 Å². The highest BCUT2D eigenvalue weighted by atomic mass is 32.2. The van der Waals surface area contributed by atoms with E-state index < -0.39 is 12.0 Å². The molecule has 1 saturated heterocycles. The average Bonchev–Trinajstić information content (AvgIpc) is 2.85. The summed E-state index contributed by atoms with van der Waals surface area (Å²) in [6, 6.07) is 5.67. The minimum atomic E-state index is -0.794. The van der Waals surface area contributed by atoms with Crippen molar-refractivity contribution in [1.29, 1.82) is 0 Å². The molecular weight excluding hydrogens is 274 g/mol. The van der Waals surface area contributed by atoms with Crippen molar-refractivity contribution in [2.75, 3.05) is 12.4 Å². The molecule has 1 fully saturated rings. The molecule has 1 aromatic carbocycles. The third-order valence-electron chi connectivity index (χ3n) is 3.41. The third-order valence-corrected chi connectivity index (χ3v) is 4.61. The van der Waals surface area contributed by atoms with Crippen molar-refractivity contribution in [2.45, 2.75) is 38.1 Å². The van der Waals surface area contributed by atoms with Crippen LogP contribution in [-0.4, -0.2) is 34.9 Å². The molecule has 0 saturated carbocycles. The predicted molar refractivity (Wildman–Crippen MR) is 81.6 cm³/mol. The lowest BCUT2D eigenvalue weighted by molar-refractivity contribution is -0.138. The van der Waals surface area contributed by atoms with Gasteiger partial charge in [-0.15, -0.1) is 11.8 Å². The summed E-state index contributed by atoms with van der Waals surface area (Å²) in [5.74, 6) is 1.15. The number of aryl methyl sites for hydroxylation is 1. The molecule has 2 atom stereocenters. The van der Waals surface area contributed by atoms with Gasteiger partial charge >= 0.3 is 5.97 Å². The Morgan fingerprint density at radius 3 is 2.85 bits per heavy atom. The van der Waals surface area contributed by atoms with E-state index in [1.807, 2.05) is 12.1 Å². The summed E-state index contributed by atoms with van der Waals surface area (Å²) < 4.78 is 5.76. The first-order valence-corrected chi connectivity index (χ1v) is 7.86. The van der Waals surface area contributed by atoms with Gasteiger partial charge in [-0.05, 0) is 36.1 Å². The first-order valence-electron chi connectivity index (χ1n) is 6.81. The Balaban J connectivity index is 1.89. The van der Waals surface area contributed by atoms with Crippen LogP contribution in [0.2, 0.25) is 0 Å². The lowest BCUT2D eigenvalue weighted by atomic mass is 9.98. The van der Waals surface area contributed by atoms with Crippen molar-refractivity contribution in [3.05, 3.63) is 29.3 Å². The van der Waals surface area contributed by atoms with Gasteiger partial charge in [0, 0.05) is 5.75 Å². The Morgan fingerprint density at radius 1 is 1.55 bits per heavy atom. The van der Waals surface area contributed by atoms with Gasteiger partial charge in [-0.2, -0.15) is 0 Å². The van der Waals surface area contributed by atoms with Gasteiger partial charge in [0.25, 0.3) is 0 Å². The molecule has 5 heteroatoms. The molecule has 0 radical (unpaired) electrons. The first-order chi connectivity index (χ1) is 9.47. The fraction of sp³-hybridized carbons (Fsp3) is 0.533. The summed E-state index contributed by atoms with van der Waals surface area (Å²) in [5.41, 5.74) is 2.56. The Morgan fingerprint density at radius 2 is 2.30 bits per heavy atom.